The number of amides is 1. The van der Waals surface area contributed by atoms with Crippen molar-refractivity contribution in [3.63, 3.8) is 0 Å². The van der Waals surface area contributed by atoms with E-state index in [1.54, 1.807) is 12.1 Å². The van der Waals surface area contributed by atoms with Crippen LogP contribution in [0.25, 0.3) is 0 Å². The van der Waals surface area contributed by atoms with Gasteiger partial charge in [-0.2, -0.15) is 0 Å². The molecular formula is C14H13ClN2O2. The van der Waals surface area contributed by atoms with Crippen LogP contribution in [-0.2, 0) is 11.2 Å². The van der Waals surface area contributed by atoms with Crippen molar-refractivity contribution in [2.75, 3.05) is 5.32 Å². The molecule has 0 unspecified atom stereocenters. The molecule has 19 heavy (non-hydrogen) atoms. The van der Waals surface area contributed by atoms with E-state index in [1.165, 1.54) is 12.3 Å². The Morgan fingerprint density at radius 1 is 1.26 bits per heavy atom. The fraction of sp³-hybridized carbons (Fsp3) is 0.143. The number of hydrogen-bond donors (Lipinski definition) is 2. The van der Waals surface area contributed by atoms with E-state index in [0.29, 0.717) is 11.4 Å². The Balaban J connectivity index is 1.92. The summed E-state index contributed by atoms with van der Waals surface area (Å²) in [5, 5.41) is 12.7. The van der Waals surface area contributed by atoms with Gasteiger partial charge >= 0.3 is 0 Å². The summed E-state index contributed by atoms with van der Waals surface area (Å²) in [6, 6.07) is 10.5. The van der Waals surface area contributed by atoms with Crippen LogP contribution in [0.1, 0.15) is 12.0 Å². The molecule has 2 N–H and O–H groups in total. The highest BCUT2D eigenvalue weighted by Gasteiger charge is 2.08. The second kappa shape index (κ2) is 6.20. The van der Waals surface area contributed by atoms with Crippen molar-refractivity contribution in [2.24, 2.45) is 0 Å². The molecule has 0 aliphatic carbocycles. The SMILES string of the molecule is O=C(CCc1ccccc1Cl)Nc1ncccc1O. The van der Waals surface area contributed by atoms with Crippen molar-refractivity contribution >= 4 is 23.3 Å². The smallest absolute Gasteiger partial charge is 0.225 e. The highest BCUT2D eigenvalue weighted by molar-refractivity contribution is 6.31. The molecule has 1 aromatic heterocycles. The van der Waals surface area contributed by atoms with Crippen LogP contribution < -0.4 is 5.32 Å². The van der Waals surface area contributed by atoms with Gasteiger partial charge in [-0.15, -0.1) is 0 Å². The molecule has 2 rings (SSSR count). The summed E-state index contributed by atoms with van der Waals surface area (Å²) in [6.07, 6.45) is 2.32. The van der Waals surface area contributed by atoms with Gasteiger partial charge < -0.3 is 10.4 Å². The quantitative estimate of drug-likeness (QED) is 0.902. The van der Waals surface area contributed by atoms with Crippen LogP contribution in [0.5, 0.6) is 5.75 Å². The van der Waals surface area contributed by atoms with Gasteiger partial charge in [-0.25, -0.2) is 4.98 Å². The summed E-state index contributed by atoms with van der Waals surface area (Å²) in [5.41, 5.74) is 0.921. The number of nitrogens with zero attached hydrogens (tertiary/aromatic N) is 1. The summed E-state index contributed by atoms with van der Waals surface area (Å²) in [7, 11) is 0. The summed E-state index contributed by atoms with van der Waals surface area (Å²) >= 11 is 6.01. The summed E-state index contributed by atoms with van der Waals surface area (Å²) < 4.78 is 0. The Kier molecular flexibility index (Phi) is 4.36. The van der Waals surface area contributed by atoms with Gasteiger partial charge in [0, 0.05) is 17.6 Å². The van der Waals surface area contributed by atoms with Crippen molar-refractivity contribution in [1.82, 2.24) is 4.98 Å². The van der Waals surface area contributed by atoms with E-state index >= 15 is 0 Å². The number of aromatic hydroxyl groups is 1. The molecule has 5 heteroatoms. The Morgan fingerprint density at radius 2 is 2.05 bits per heavy atom. The number of rotatable bonds is 4. The first kappa shape index (κ1) is 13.4. The molecule has 0 aliphatic heterocycles. The van der Waals surface area contributed by atoms with Gasteiger partial charge in [-0.05, 0) is 30.2 Å². The summed E-state index contributed by atoms with van der Waals surface area (Å²) in [6.45, 7) is 0. The van der Waals surface area contributed by atoms with Crippen LogP contribution in [0.3, 0.4) is 0 Å². The van der Waals surface area contributed by atoms with Gasteiger partial charge in [-0.3, -0.25) is 4.79 Å². The number of benzene rings is 1. The fourth-order valence-corrected chi connectivity index (χ4v) is 1.87. The zero-order valence-corrected chi connectivity index (χ0v) is 10.9. The number of hydrogen-bond acceptors (Lipinski definition) is 3. The number of carbonyl (C=O) groups excluding carboxylic acids is 1. The van der Waals surface area contributed by atoms with Crippen LogP contribution in [0.2, 0.25) is 5.02 Å². The molecule has 0 atom stereocenters. The van der Waals surface area contributed by atoms with Gasteiger partial charge in [0.2, 0.25) is 5.91 Å². The number of nitrogens with one attached hydrogen (secondary N) is 1. The molecule has 98 valence electrons. The maximum absolute atomic E-state index is 11.7. The largest absolute Gasteiger partial charge is 0.504 e. The normalized spacial score (nSPS) is 10.2. The van der Waals surface area contributed by atoms with Crippen molar-refractivity contribution in [3.8, 4) is 5.75 Å². The van der Waals surface area contributed by atoms with E-state index in [-0.39, 0.29) is 23.9 Å². The van der Waals surface area contributed by atoms with Gasteiger partial charge in [0.1, 0.15) is 0 Å². The molecule has 2 aromatic rings. The molecule has 0 saturated heterocycles. The molecule has 1 aromatic carbocycles. The zero-order chi connectivity index (χ0) is 13.7. The average Bonchev–Trinajstić information content (AvgIpc) is 2.40. The van der Waals surface area contributed by atoms with Crippen LogP contribution >= 0.6 is 11.6 Å². The molecule has 0 spiro atoms. The number of pyridine rings is 1. The molecule has 0 saturated carbocycles. The highest BCUT2D eigenvalue weighted by Crippen LogP contribution is 2.19. The lowest BCUT2D eigenvalue weighted by Gasteiger charge is -2.06. The lowest BCUT2D eigenvalue weighted by atomic mass is 10.1. The van der Waals surface area contributed by atoms with Crippen LogP contribution in [0, 0.1) is 0 Å². The van der Waals surface area contributed by atoms with E-state index in [2.05, 4.69) is 10.3 Å². The monoisotopic (exact) mass is 276 g/mol. The minimum atomic E-state index is -0.214. The van der Waals surface area contributed by atoms with Gasteiger partial charge in [0.25, 0.3) is 0 Å². The van der Waals surface area contributed by atoms with Crippen molar-refractivity contribution in [3.05, 3.63) is 53.2 Å². The molecular weight excluding hydrogens is 264 g/mol. The van der Waals surface area contributed by atoms with Gasteiger partial charge in [0.05, 0.1) is 0 Å². The zero-order valence-electron chi connectivity index (χ0n) is 10.1. The molecule has 0 radical (unpaired) electrons. The lowest BCUT2D eigenvalue weighted by molar-refractivity contribution is -0.116. The predicted octanol–water partition coefficient (Wildman–Crippen LogP) is 3.01. The molecule has 0 bridgehead atoms. The first-order valence-corrected chi connectivity index (χ1v) is 6.22. The maximum atomic E-state index is 11.7. The van der Waals surface area contributed by atoms with E-state index in [4.69, 9.17) is 11.6 Å². The third kappa shape index (κ3) is 3.69. The average molecular weight is 277 g/mol. The number of halogens is 1. The van der Waals surface area contributed by atoms with Crippen LogP contribution in [-0.4, -0.2) is 16.0 Å². The second-order valence-electron chi connectivity index (χ2n) is 4.01. The van der Waals surface area contributed by atoms with E-state index in [1.807, 2.05) is 18.2 Å². The predicted molar refractivity (Wildman–Crippen MR) is 74.3 cm³/mol. The summed E-state index contributed by atoms with van der Waals surface area (Å²) in [4.78, 5) is 15.6. The Bertz CT molecular complexity index is 587. The molecule has 1 heterocycles. The number of aryl methyl sites for hydroxylation is 1. The van der Waals surface area contributed by atoms with Crippen molar-refractivity contribution in [2.45, 2.75) is 12.8 Å². The van der Waals surface area contributed by atoms with E-state index in [9.17, 15) is 9.90 Å². The molecule has 0 aliphatic rings. The minimum Gasteiger partial charge on any atom is -0.504 e. The molecule has 0 fully saturated rings. The Hall–Kier alpha value is -2.07. The van der Waals surface area contributed by atoms with Gasteiger partial charge in [0.15, 0.2) is 11.6 Å². The molecule has 1 amide bonds. The topological polar surface area (TPSA) is 62.2 Å². The maximum Gasteiger partial charge on any atom is 0.225 e. The highest BCUT2D eigenvalue weighted by atomic mass is 35.5. The summed E-state index contributed by atoms with van der Waals surface area (Å²) in [5.74, 6) is -0.0887. The van der Waals surface area contributed by atoms with E-state index in [0.717, 1.165) is 5.56 Å². The van der Waals surface area contributed by atoms with Crippen LogP contribution in [0.4, 0.5) is 5.82 Å². The first-order valence-electron chi connectivity index (χ1n) is 5.84. The first-order chi connectivity index (χ1) is 9.16. The minimum absolute atomic E-state index is 0.0476. The number of aromatic nitrogens is 1. The Labute approximate surface area is 116 Å². The number of carbonyl (C=O) groups is 1. The third-order valence-corrected chi connectivity index (χ3v) is 2.99. The van der Waals surface area contributed by atoms with Crippen LogP contribution in [0.15, 0.2) is 42.6 Å². The number of anilines is 1. The standard InChI is InChI=1S/C14H13ClN2O2/c15-11-5-2-1-4-10(11)7-8-13(19)17-14-12(18)6-3-9-16-14/h1-6,9,18H,7-8H2,(H,16,17,19). The fourth-order valence-electron chi connectivity index (χ4n) is 1.64. The van der Waals surface area contributed by atoms with E-state index < -0.39 is 0 Å². The van der Waals surface area contributed by atoms with Crippen molar-refractivity contribution < 1.29 is 9.90 Å². The second-order valence-corrected chi connectivity index (χ2v) is 4.42. The lowest BCUT2D eigenvalue weighted by Crippen LogP contribution is -2.13. The van der Waals surface area contributed by atoms with Crippen molar-refractivity contribution in [1.29, 1.82) is 0 Å². The molecule has 4 nitrogen and oxygen atoms in total. The Morgan fingerprint density at radius 3 is 2.79 bits per heavy atom. The van der Waals surface area contributed by atoms with Gasteiger partial charge in [-0.1, -0.05) is 29.8 Å². The third-order valence-electron chi connectivity index (χ3n) is 2.62.